The van der Waals surface area contributed by atoms with Crippen molar-refractivity contribution < 1.29 is 5.11 Å². The monoisotopic (exact) mass is 295 g/mol. The lowest BCUT2D eigenvalue weighted by Crippen LogP contribution is -2.05. The predicted molar refractivity (Wildman–Crippen MR) is 86.5 cm³/mol. The molecule has 2 heterocycles. The lowest BCUT2D eigenvalue weighted by Gasteiger charge is -2.07. The highest BCUT2D eigenvalue weighted by molar-refractivity contribution is 5.84. The molecule has 0 unspecified atom stereocenters. The molecule has 0 spiro atoms. The van der Waals surface area contributed by atoms with E-state index in [9.17, 15) is 0 Å². The number of rotatable bonds is 5. The molecule has 0 radical (unpaired) electrons. The fraction of sp³-hybridized carbons (Fsp3) is 0.188. The molecule has 0 saturated heterocycles. The van der Waals surface area contributed by atoms with Crippen LogP contribution in [0.25, 0.3) is 22.6 Å². The molecule has 3 rings (SSSR count). The first kappa shape index (κ1) is 14.2. The molecule has 0 amide bonds. The SMILES string of the molecule is CC(=CCNc1nc(-c2ccccc2)nc2nc[nH]c12)CO. The quantitative estimate of drug-likeness (QED) is 0.629. The molecule has 0 atom stereocenters. The number of nitrogens with zero attached hydrogens (tertiary/aromatic N) is 3. The zero-order valence-electron chi connectivity index (χ0n) is 12.2. The van der Waals surface area contributed by atoms with Crippen LogP contribution in [-0.4, -0.2) is 38.2 Å². The van der Waals surface area contributed by atoms with Gasteiger partial charge in [0.1, 0.15) is 5.52 Å². The van der Waals surface area contributed by atoms with Crippen molar-refractivity contribution in [3.8, 4) is 11.4 Å². The number of fused-ring (bicyclic) bond motifs is 1. The number of H-pyrrole nitrogens is 1. The standard InChI is InChI=1S/C16H17N5O/c1-11(9-22)7-8-17-15-13-16(19-10-18-13)21-14(20-15)12-5-3-2-4-6-12/h2-7,10,22H,8-9H2,1H3,(H2,17,18,19,20,21). The summed E-state index contributed by atoms with van der Waals surface area (Å²) in [4.78, 5) is 16.3. The number of aliphatic hydroxyl groups is 1. The summed E-state index contributed by atoms with van der Waals surface area (Å²) in [5.74, 6) is 1.33. The molecule has 0 saturated carbocycles. The van der Waals surface area contributed by atoms with Gasteiger partial charge < -0.3 is 15.4 Å². The molecule has 1 aromatic carbocycles. The molecule has 3 N–H and O–H groups in total. The molecule has 0 aliphatic heterocycles. The number of nitrogens with one attached hydrogen (secondary N) is 2. The third-order valence-electron chi connectivity index (χ3n) is 3.29. The number of aliphatic hydroxyl groups excluding tert-OH is 1. The smallest absolute Gasteiger partial charge is 0.183 e. The summed E-state index contributed by atoms with van der Waals surface area (Å²) in [6.45, 7) is 2.51. The van der Waals surface area contributed by atoms with E-state index in [1.54, 1.807) is 6.33 Å². The number of hydrogen-bond acceptors (Lipinski definition) is 5. The largest absolute Gasteiger partial charge is 0.392 e. The van der Waals surface area contributed by atoms with Crippen LogP contribution < -0.4 is 5.32 Å². The molecule has 0 bridgehead atoms. The van der Waals surface area contributed by atoms with Gasteiger partial charge in [-0.3, -0.25) is 0 Å². The molecule has 3 aromatic rings. The average molecular weight is 295 g/mol. The van der Waals surface area contributed by atoms with Crippen LogP contribution in [0.4, 0.5) is 5.82 Å². The highest BCUT2D eigenvalue weighted by atomic mass is 16.3. The average Bonchev–Trinajstić information content (AvgIpc) is 3.04. The number of hydrogen-bond donors (Lipinski definition) is 3. The summed E-state index contributed by atoms with van der Waals surface area (Å²) in [7, 11) is 0. The van der Waals surface area contributed by atoms with Gasteiger partial charge in [0.2, 0.25) is 0 Å². The minimum atomic E-state index is 0.0557. The van der Waals surface area contributed by atoms with Crippen molar-refractivity contribution in [1.82, 2.24) is 19.9 Å². The zero-order chi connectivity index (χ0) is 15.4. The fourth-order valence-electron chi connectivity index (χ4n) is 2.06. The summed E-state index contributed by atoms with van der Waals surface area (Å²) in [5, 5.41) is 12.3. The van der Waals surface area contributed by atoms with E-state index >= 15 is 0 Å². The highest BCUT2D eigenvalue weighted by Gasteiger charge is 2.10. The van der Waals surface area contributed by atoms with Crippen molar-refractivity contribution in [2.45, 2.75) is 6.92 Å². The van der Waals surface area contributed by atoms with Crippen LogP contribution in [0.1, 0.15) is 6.92 Å². The van der Waals surface area contributed by atoms with E-state index in [-0.39, 0.29) is 6.61 Å². The molecule has 0 aliphatic carbocycles. The van der Waals surface area contributed by atoms with E-state index in [4.69, 9.17) is 5.11 Å². The van der Waals surface area contributed by atoms with Gasteiger partial charge in [0, 0.05) is 12.1 Å². The maximum absolute atomic E-state index is 9.03. The van der Waals surface area contributed by atoms with E-state index < -0.39 is 0 Å². The Hall–Kier alpha value is -2.73. The van der Waals surface area contributed by atoms with Crippen molar-refractivity contribution in [2.24, 2.45) is 0 Å². The lowest BCUT2D eigenvalue weighted by molar-refractivity contribution is 0.331. The van der Waals surface area contributed by atoms with Crippen LogP contribution in [0.2, 0.25) is 0 Å². The summed E-state index contributed by atoms with van der Waals surface area (Å²) in [6, 6.07) is 9.79. The second kappa shape index (κ2) is 6.36. The number of aromatic amines is 1. The van der Waals surface area contributed by atoms with E-state index in [1.165, 1.54) is 0 Å². The zero-order valence-corrected chi connectivity index (χ0v) is 12.2. The van der Waals surface area contributed by atoms with Crippen molar-refractivity contribution >= 4 is 17.0 Å². The lowest BCUT2D eigenvalue weighted by atomic mass is 10.2. The summed E-state index contributed by atoms with van der Waals surface area (Å²) in [5.41, 5.74) is 3.25. The van der Waals surface area contributed by atoms with Gasteiger partial charge in [-0.05, 0) is 6.92 Å². The predicted octanol–water partition coefficient (Wildman–Crippen LogP) is 2.37. The third-order valence-corrected chi connectivity index (χ3v) is 3.29. The van der Waals surface area contributed by atoms with Gasteiger partial charge in [0.15, 0.2) is 17.3 Å². The topological polar surface area (TPSA) is 86.7 Å². The molecule has 2 aromatic heterocycles. The van der Waals surface area contributed by atoms with Gasteiger partial charge in [-0.2, -0.15) is 0 Å². The van der Waals surface area contributed by atoms with Gasteiger partial charge in [-0.25, -0.2) is 15.0 Å². The Balaban J connectivity index is 1.96. The molecule has 6 heteroatoms. The molecule has 0 aliphatic rings. The Morgan fingerprint density at radius 3 is 2.86 bits per heavy atom. The number of anilines is 1. The van der Waals surface area contributed by atoms with Crippen molar-refractivity contribution in [2.75, 3.05) is 18.5 Å². The maximum atomic E-state index is 9.03. The maximum Gasteiger partial charge on any atom is 0.183 e. The Morgan fingerprint density at radius 1 is 1.27 bits per heavy atom. The number of imidazole rings is 1. The summed E-state index contributed by atoms with van der Waals surface area (Å²) in [6.07, 6.45) is 3.53. The Morgan fingerprint density at radius 2 is 2.09 bits per heavy atom. The van der Waals surface area contributed by atoms with Crippen LogP contribution >= 0.6 is 0 Å². The van der Waals surface area contributed by atoms with Crippen LogP contribution in [-0.2, 0) is 0 Å². The molecule has 6 nitrogen and oxygen atoms in total. The van der Waals surface area contributed by atoms with Crippen molar-refractivity contribution in [3.63, 3.8) is 0 Å². The van der Waals surface area contributed by atoms with E-state index in [1.807, 2.05) is 43.3 Å². The second-order valence-corrected chi connectivity index (χ2v) is 4.95. The fourth-order valence-corrected chi connectivity index (χ4v) is 2.06. The molecule has 22 heavy (non-hydrogen) atoms. The highest BCUT2D eigenvalue weighted by Crippen LogP contribution is 2.22. The normalized spacial score (nSPS) is 11.8. The van der Waals surface area contributed by atoms with Crippen molar-refractivity contribution in [3.05, 3.63) is 48.3 Å². The molecule has 0 fully saturated rings. The Bertz CT molecular complexity index is 795. The first-order chi connectivity index (χ1) is 10.8. The van der Waals surface area contributed by atoms with Gasteiger partial charge in [-0.15, -0.1) is 0 Å². The summed E-state index contributed by atoms with van der Waals surface area (Å²) < 4.78 is 0. The van der Waals surface area contributed by atoms with Gasteiger partial charge in [0.25, 0.3) is 0 Å². The summed E-state index contributed by atoms with van der Waals surface area (Å²) >= 11 is 0. The van der Waals surface area contributed by atoms with Crippen molar-refractivity contribution in [1.29, 1.82) is 0 Å². The molecular formula is C16H17N5O. The van der Waals surface area contributed by atoms with Gasteiger partial charge in [-0.1, -0.05) is 42.0 Å². The Labute approximate surface area is 128 Å². The third kappa shape index (κ3) is 2.96. The van der Waals surface area contributed by atoms with E-state index in [0.717, 1.165) is 16.7 Å². The van der Waals surface area contributed by atoms with Crippen LogP contribution in [0.3, 0.4) is 0 Å². The number of benzene rings is 1. The van der Waals surface area contributed by atoms with E-state index in [0.29, 0.717) is 23.8 Å². The molecular weight excluding hydrogens is 278 g/mol. The van der Waals surface area contributed by atoms with Gasteiger partial charge >= 0.3 is 0 Å². The number of aromatic nitrogens is 4. The van der Waals surface area contributed by atoms with E-state index in [2.05, 4.69) is 25.3 Å². The second-order valence-electron chi connectivity index (χ2n) is 4.95. The van der Waals surface area contributed by atoms with Gasteiger partial charge in [0.05, 0.1) is 12.9 Å². The first-order valence-electron chi connectivity index (χ1n) is 7.05. The van der Waals surface area contributed by atoms with Crippen LogP contribution in [0.5, 0.6) is 0 Å². The Kier molecular flexibility index (Phi) is 4.11. The minimum Gasteiger partial charge on any atom is -0.392 e. The minimum absolute atomic E-state index is 0.0557. The van der Waals surface area contributed by atoms with Crippen LogP contribution in [0.15, 0.2) is 48.3 Å². The molecule has 112 valence electrons. The first-order valence-corrected chi connectivity index (χ1v) is 7.05. The van der Waals surface area contributed by atoms with Crippen LogP contribution in [0, 0.1) is 0 Å².